The Hall–Kier alpha value is -4.10. The predicted octanol–water partition coefficient (Wildman–Crippen LogP) is 6.90. The summed E-state index contributed by atoms with van der Waals surface area (Å²) in [7, 11) is 0. The predicted molar refractivity (Wildman–Crippen MR) is 175 cm³/mol. The van der Waals surface area contributed by atoms with E-state index in [1.807, 2.05) is 0 Å². The average Bonchev–Trinajstić information content (AvgIpc) is 3.79. The molecule has 0 unspecified atom stereocenters. The van der Waals surface area contributed by atoms with Gasteiger partial charge in [-0.2, -0.15) is 18.2 Å². The Balaban J connectivity index is 1.25. The van der Waals surface area contributed by atoms with Gasteiger partial charge in [-0.05, 0) is 112 Å². The van der Waals surface area contributed by atoms with Crippen LogP contribution in [0.1, 0.15) is 81.0 Å². The number of hydrogen-bond donors (Lipinski definition) is 5. The van der Waals surface area contributed by atoms with Gasteiger partial charge in [0.25, 0.3) is 0 Å². The summed E-state index contributed by atoms with van der Waals surface area (Å²) in [5.74, 6) is -0.728. The van der Waals surface area contributed by atoms with Gasteiger partial charge in [-0.1, -0.05) is 6.42 Å². The SMILES string of the molecule is CC(=N)NCC[C@@H]1CCC[C@@H](c2c(F)cc(-n3cc4cc(-c5cc(CCC[C@@H](N)C6CC6)cc(C(F)(F)F)c5)[nH]c4nc3=O)cc2F)N1. The maximum Gasteiger partial charge on any atom is 0.416 e. The number of benzene rings is 2. The van der Waals surface area contributed by atoms with Gasteiger partial charge in [0.15, 0.2) is 0 Å². The third kappa shape index (κ3) is 7.78. The van der Waals surface area contributed by atoms with Crippen LogP contribution < -0.4 is 22.1 Å². The number of hydrogen-bond acceptors (Lipinski definition) is 5. The quantitative estimate of drug-likeness (QED) is 0.0676. The van der Waals surface area contributed by atoms with Gasteiger partial charge in [-0.25, -0.2) is 13.6 Å². The number of nitrogens with two attached hydrogens (primary N) is 1. The second-order valence-electron chi connectivity index (χ2n) is 13.2. The maximum absolute atomic E-state index is 15.5. The van der Waals surface area contributed by atoms with E-state index in [4.69, 9.17) is 11.1 Å². The number of halogens is 5. The molecular formula is C35H40F5N7O. The Morgan fingerprint density at radius 2 is 1.85 bits per heavy atom. The van der Waals surface area contributed by atoms with Crippen LogP contribution in [0.4, 0.5) is 22.0 Å². The monoisotopic (exact) mass is 669 g/mol. The molecule has 0 amide bonds. The maximum atomic E-state index is 15.5. The van der Waals surface area contributed by atoms with Crippen molar-refractivity contribution in [3.05, 3.63) is 81.4 Å². The second kappa shape index (κ2) is 13.8. The molecule has 3 heterocycles. The number of alkyl halides is 3. The number of fused-ring (bicyclic) bond motifs is 1. The minimum absolute atomic E-state index is 0.0321. The van der Waals surface area contributed by atoms with E-state index in [1.54, 1.807) is 19.1 Å². The number of H-pyrrole nitrogens is 1. The third-order valence-corrected chi connectivity index (χ3v) is 9.43. The molecule has 13 heteroatoms. The first-order chi connectivity index (χ1) is 22.9. The summed E-state index contributed by atoms with van der Waals surface area (Å²) in [5, 5.41) is 14.2. The Morgan fingerprint density at radius 1 is 1.10 bits per heavy atom. The molecule has 8 nitrogen and oxygen atoms in total. The summed E-state index contributed by atoms with van der Waals surface area (Å²) in [6.45, 7) is 2.23. The van der Waals surface area contributed by atoms with E-state index >= 15 is 8.78 Å². The van der Waals surface area contributed by atoms with E-state index in [0.29, 0.717) is 60.6 Å². The van der Waals surface area contributed by atoms with E-state index in [0.717, 1.165) is 60.9 Å². The van der Waals surface area contributed by atoms with E-state index in [2.05, 4.69) is 20.6 Å². The zero-order valence-electron chi connectivity index (χ0n) is 26.7. The highest BCUT2D eigenvalue weighted by atomic mass is 19.4. The molecule has 2 aliphatic rings. The number of nitrogens with zero attached hydrogens (tertiary/aromatic N) is 2. The van der Waals surface area contributed by atoms with Gasteiger partial charge >= 0.3 is 11.9 Å². The van der Waals surface area contributed by atoms with Crippen molar-refractivity contribution >= 4 is 16.9 Å². The number of aromatic nitrogens is 3. The van der Waals surface area contributed by atoms with Crippen LogP contribution in [0.3, 0.4) is 0 Å². The van der Waals surface area contributed by atoms with E-state index in [1.165, 1.54) is 6.20 Å². The van der Waals surface area contributed by atoms with Crippen molar-refractivity contribution in [1.29, 1.82) is 5.41 Å². The molecule has 1 aliphatic carbocycles. The molecule has 3 atom stereocenters. The minimum Gasteiger partial charge on any atom is -0.374 e. The number of aryl methyl sites for hydroxylation is 1. The van der Waals surface area contributed by atoms with Crippen molar-refractivity contribution in [2.45, 2.75) is 89.0 Å². The van der Waals surface area contributed by atoms with Crippen LogP contribution in [0.25, 0.3) is 28.0 Å². The summed E-state index contributed by atoms with van der Waals surface area (Å²) >= 11 is 0. The molecule has 0 bridgehead atoms. The molecule has 2 fully saturated rings. The highest BCUT2D eigenvalue weighted by molar-refractivity contribution is 5.83. The van der Waals surface area contributed by atoms with Crippen LogP contribution in [-0.4, -0.2) is 39.0 Å². The van der Waals surface area contributed by atoms with E-state index < -0.39 is 35.1 Å². The summed E-state index contributed by atoms with van der Waals surface area (Å²) in [6.07, 6.45) is 3.75. The summed E-state index contributed by atoms with van der Waals surface area (Å²) in [5.41, 5.74) is 5.73. The lowest BCUT2D eigenvalue weighted by Gasteiger charge is -2.32. The minimum atomic E-state index is -4.56. The zero-order chi connectivity index (χ0) is 34.2. The van der Waals surface area contributed by atoms with Gasteiger partial charge in [-0.15, -0.1) is 0 Å². The van der Waals surface area contributed by atoms with Gasteiger partial charge in [0.1, 0.15) is 17.3 Å². The van der Waals surface area contributed by atoms with Crippen LogP contribution in [0, 0.1) is 23.0 Å². The van der Waals surface area contributed by atoms with Crippen molar-refractivity contribution in [3.63, 3.8) is 0 Å². The Bertz CT molecular complexity index is 1840. The molecule has 6 N–H and O–H groups in total. The van der Waals surface area contributed by atoms with Crippen LogP contribution >= 0.6 is 0 Å². The molecule has 1 saturated carbocycles. The lowest BCUT2D eigenvalue weighted by Crippen LogP contribution is -2.40. The van der Waals surface area contributed by atoms with Gasteiger partial charge in [0.05, 0.1) is 17.1 Å². The number of aromatic amines is 1. The van der Waals surface area contributed by atoms with Crippen LogP contribution in [0.15, 0.2) is 47.4 Å². The van der Waals surface area contributed by atoms with E-state index in [9.17, 15) is 18.0 Å². The molecule has 2 aromatic carbocycles. The average molecular weight is 670 g/mol. The molecule has 1 saturated heterocycles. The highest BCUT2D eigenvalue weighted by Crippen LogP contribution is 2.36. The number of rotatable bonds is 11. The normalized spacial score (nSPS) is 19.1. The zero-order valence-corrected chi connectivity index (χ0v) is 26.7. The number of amidine groups is 1. The Labute approximate surface area is 274 Å². The Morgan fingerprint density at radius 3 is 2.54 bits per heavy atom. The molecule has 1 aliphatic heterocycles. The van der Waals surface area contributed by atoms with Crippen LogP contribution in [0.2, 0.25) is 0 Å². The van der Waals surface area contributed by atoms with Crippen LogP contribution in [0.5, 0.6) is 0 Å². The van der Waals surface area contributed by atoms with Crippen molar-refractivity contribution in [2.24, 2.45) is 11.7 Å². The molecule has 256 valence electrons. The van der Waals surface area contributed by atoms with Gasteiger partial charge in [0.2, 0.25) is 0 Å². The van der Waals surface area contributed by atoms with Crippen molar-refractivity contribution in [3.8, 4) is 16.9 Å². The summed E-state index contributed by atoms with van der Waals surface area (Å²) < 4.78 is 73.7. The smallest absolute Gasteiger partial charge is 0.374 e. The van der Waals surface area contributed by atoms with E-state index in [-0.39, 0.29) is 34.5 Å². The molecule has 6 rings (SSSR count). The van der Waals surface area contributed by atoms with Crippen molar-refractivity contribution in [1.82, 2.24) is 25.2 Å². The molecular weight excluding hydrogens is 629 g/mol. The lowest BCUT2D eigenvalue weighted by atomic mass is 9.91. The molecule has 0 spiro atoms. The lowest BCUT2D eigenvalue weighted by molar-refractivity contribution is -0.137. The second-order valence-corrected chi connectivity index (χ2v) is 13.2. The molecule has 0 radical (unpaired) electrons. The van der Waals surface area contributed by atoms with Crippen molar-refractivity contribution < 1.29 is 22.0 Å². The first-order valence-corrected chi connectivity index (χ1v) is 16.5. The molecule has 4 aromatic rings. The van der Waals surface area contributed by atoms with Crippen molar-refractivity contribution in [2.75, 3.05) is 6.54 Å². The fraction of sp³-hybridized carbons (Fsp3) is 0.457. The topological polar surface area (TPSA) is 125 Å². The number of nitrogens with one attached hydrogen (secondary N) is 4. The summed E-state index contributed by atoms with van der Waals surface area (Å²) in [6, 6.07) is 7.21. The first kappa shape index (κ1) is 33.8. The summed E-state index contributed by atoms with van der Waals surface area (Å²) in [4.78, 5) is 20.0. The number of piperidine rings is 1. The fourth-order valence-electron chi connectivity index (χ4n) is 6.74. The van der Waals surface area contributed by atoms with Gasteiger partial charge in [0, 0.05) is 47.5 Å². The largest absolute Gasteiger partial charge is 0.416 e. The Kier molecular flexibility index (Phi) is 9.71. The third-order valence-electron chi connectivity index (χ3n) is 9.43. The fourth-order valence-corrected chi connectivity index (χ4v) is 6.74. The molecule has 48 heavy (non-hydrogen) atoms. The van der Waals surface area contributed by atoms with Crippen LogP contribution in [-0.2, 0) is 12.6 Å². The molecule has 2 aromatic heterocycles. The standard InChI is InChI=1S/C35H40F5N7O/c1-19(41)43-11-10-25-5-3-7-30(44-25)32-27(36)16-26(17-28(32)37)47-18-23-15-31(45-33(23)46-34(47)48)22-12-20(13-24(14-22)35(38,39)40)4-2-6-29(42)21-8-9-21/h12-18,21,25,29-30,44H,2-11,42H2,1H3,(H2,41,43)(H,45,46,48)/t25-,29+,30-/m0/s1. The first-order valence-electron chi connectivity index (χ1n) is 16.5. The van der Waals surface area contributed by atoms with Gasteiger partial charge < -0.3 is 21.4 Å². The van der Waals surface area contributed by atoms with Gasteiger partial charge in [-0.3, -0.25) is 9.98 Å². The highest BCUT2D eigenvalue weighted by Gasteiger charge is 2.32.